The molecule has 0 bridgehead atoms. The molecule has 0 aliphatic heterocycles. The van der Waals surface area contributed by atoms with Crippen LogP contribution in [0.4, 0.5) is 0 Å². The second-order valence-electron chi connectivity index (χ2n) is 3.94. The van der Waals surface area contributed by atoms with Gasteiger partial charge in [-0.1, -0.05) is 31.5 Å². The van der Waals surface area contributed by atoms with Crippen LogP contribution >= 0.6 is 11.6 Å². The van der Waals surface area contributed by atoms with Gasteiger partial charge >= 0.3 is 0 Å². The summed E-state index contributed by atoms with van der Waals surface area (Å²) in [6, 6.07) is 5.68. The monoisotopic (exact) mass is 225 g/mol. The van der Waals surface area contributed by atoms with Crippen molar-refractivity contribution < 1.29 is 4.79 Å². The summed E-state index contributed by atoms with van der Waals surface area (Å²) in [5.74, 6) is 0.0990. The quantitative estimate of drug-likeness (QED) is 0.842. The lowest BCUT2D eigenvalue weighted by molar-refractivity contribution is -0.124. The van der Waals surface area contributed by atoms with Crippen LogP contribution in [0.3, 0.4) is 0 Å². The predicted octanol–water partition coefficient (Wildman–Crippen LogP) is 2.92. The number of halogens is 1. The molecule has 0 aromatic heterocycles. The third-order valence-electron chi connectivity index (χ3n) is 2.28. The Morgan fingerprint density at radius 3 is 2.67 bits per heavy atom. The van der Waals surface area contributed by atoms with E-state index in [4.69, 9.17) is 11.6 Å². The fraction of sp³-hybridized carbons (Fsp3) is 0.417. The third kappa shape index (κ3) is 3.56. The Morgan fingerprint density at radius 2 is 2.13 bits per heavy atom. The topological polar surface area (TPSA) is 29.1 Å². The van der Waals surface area contributed by atoms with Gasteiger partial charge in [0.15, 0.2) is 0 Å². The molecule has 0 spiro atoms. The average molecular weight is 226 g/mol. The molecule has 0 saturated carbocycles. The van der Waals surface area contributed by atoms with Crippen LogP contribution in [0.1, 0.15) is 25.0 Å². The molecule has 0 aliphatic rings. The summed E-state index contributed by atoms with van der Waals surface area (Å²) in [6.45, 7) is 6.32. The van der Waals surface area contributed by atoms with E-state index in [9.17, 15) is 4.79 Å². The first kappa shape index (κ1) is 12.1. The number of benzene rings is 1. The molecular weight excluding hydrogens is 210 g/mol. The maximum atomic E-state index is 11.4. The first-order valence-electron chi connectivity index (χ1n) is 5.03. The highest BCUT2D eigenvalue weighted by molar-refractivity contribution is 6.30. The van der Waals surface area contributed by atoms with E-state index in [-0.39, 0.29) is 11.8 Å². The molecule has 0 aliphatic carbocycles. The lowest BCUT2D eigenvalue weighted by Crippen LogP contribution is -2.27. The van der Waals surface area contributed by atoms with Gasteiger partial charge < -0.3 is 5.32 Å². The second-order valence-corrected chi connectivity index (χ2v) is 4.38. The molecule has 1 rings (SSSR count). The fourth-order valence-electron chi connectivity index (χ4n) is 1.24. The van der Waals surface area contributed by atoms with Gasteiger partial charge in [0.05, 0.1) is 0 Å². The summed E-state index contributed by atoms with van der Waals surface area (Å²) in [5.41, 5.74) is 2.21. The highest BCUT2D eigenvalue weighted by Gasteiger charge is 2.06. The average Bonchev–Trinajstić information content (AvgIpc) is 2.15. The van der Waals surface area contributed by atoms with E-state index in [0.717, 1.165) is 16.1 Å². The number of rotatable bonds is 3. The van der Waals surface area contributed by atoms with Crippen LogP contribution in [0.2, 0.25) is 5.02 Å². The van der Waals surface area contributed by atoms with Gasteiger partial charge in [-0.2, -0.15) is 0 Å². The first-order chi connectivity index (χ1) is 7.00. The van der Waals surface area contributed by atoms with Crippen molar-refractivity contribution in [3.8, 4) is 0 Å². The van der Waals surface area contributed by atoms with Crippen LogP contribution in [-0.2, 0) is 11.3 Å². The molecule has 1 aromatic rings. The van der Waals surface area contributed by atoms with Gasteiger partial charge in [0.2, 0.25) is 5.91 Å². The van der Waals surface area contributed by atoms with Gasteiger partial charge in [-0.15, -0.1) is 0 Å². The molecule has 0 atom stereocenters. The number of hydrogen-bond acceptors (Lipinski definition) is 1. The van der Waals surface area contributed by atoms with Gasteiger partial charge in [-0.3, -0.25) is 4.79 Å². The largest absolute Gasteiger partial charge is 0.352 e. The van der Waals surface area contributed by atoms with Crippen molar-refractivity contribution in [1.29, 1.82) is 0 Å². The van der Waals surface area contributed by atoms with E-state index in [2.05, 4.69) is 5.32 Å². The minimum Gasteiger partial charge on any atom is -0.352 e. The molecule has 0 unspecified atom stereocenters. The van der Waals surface area contributed by atoms with Crippen LogP contribution in [0.15, 0.2) is 18.2 Å². The van der Waals surface area contributed by atoms with Gasteiger partial charge in [0.25, 0.3) is 0 Å². The van der Waals surface area contributed by atoms with E-state index in [1.807, 2.05) is 39.0 Å². The summed E-state index contributed by atoms with van der Waals surface area (Å²) >= 11 is 5.84. The highest BCUT2D eigenvalue weighted by Crippen LogP contribution is 2.14. The van der Waals surface area contributed by atoms with E-state index in [0.29, 0.717) is 6.54 Å². The van der Waals surface area contributed by atoms with Crippen LogP contribution in [0.25, 0.3) is 0 Å². The Labute approximate surface area is 95.6 Å². The summed E-state index contributed by atoms with van der Waals surface area (Å²) in [5, 5.41) is 3.60. The Bertz CT molecular complexity index is 361. The number of carbonyl (C=O) groups excluding carboxylic acids is 1. The molecule has 0 heterocycles. The van der Waals surface area contributed by atoms with E-state index < -0.39 is 0 Å². The Hall–Kier alpha value is -1.02. The Morgan fingerprint density at radius 1 is 1.47 bits per heavy atom. The predicted molar refractivity (Wildman–Crippen MR) is 62.9 cm³/mol. The summed E-state index contributed by atoms with van der Waals surface area (Å²) < 4.78 is 0. The third-order valence-corrected chi connectivity index (χ3v) is 2.52. The normalized spacial score (nSPS) is 10.5. The summed E-state index contributed by atoms with van der Waals surface area (Å²) in [6.07, 6.45) is 0. The molecule has 0 radical (unpaired) electrons. The fourth-order valence-corrected chi connectivity index (χ4v) is 1.47. The minimum absolute atomic E-state index is 0.0256. The van der Waals surface area contributed by atoms with Crippen LogP contribution in [-0.4, -0.2) is 5.91 Å². The number of amides is 1. The molecular formula is C12H16ClNO. The number of nitrogens with one attached hydrogen (secondary N) is 1. The number of carbonyl (C=O) groups is 1. The zero-order valence-corrected chi connectivity index (χ0v) is 10.1. The molecule has 15 heavy (non-hydrogen) atoms. The van der Waals surface area contributed by atoms with Gasteiger partial charge in [-0.25, -0.2) is 0 Å². The zero-order valence-electron chi connectivity index (χ0n) is 9.30. The lowest BCUT2D eigenvalue weighted by Gasteiger charge is -2.09. The van der Waals surface area contributed by atoms with Crippen molar-refractivity contribution in [2.75, 3.05) is 0 Å². The molecule has 1 N–H and O–H groups in total. The van der Waals surface area contributed by atoms with Crippen molar-refractivity contribution >= 4 is 17.5 Å². The van der Waals surface area contributed by atoms with Crippen LogP contribution in [0, 0.1) is 12.8 Å². The molecule has 3 heteroatoms. The maximum Gasteiger partial charge on any atom is 0.222 e. The van der Waals surface area contributed by atoms with Gasteiger partial charge in [0, 0.05) is 17.5 Å². The van der Waals surface area contributed by atoms with Gasteiger partial charge in [0.1, 0.15) is 0 Å². The molecule has 0 saturated heterocycles. The minimum atomic E-state index is 0.0256. The molecule has 0 fully saturated rings. The summed E-state index contributed by atoms with van der Waals surface area (Å²) in [4.78, 5) is 11.4. The lowest BCUT2D eigenvalue weighted by atomic mass is 10.1. The van der Waals surface area contributed by atoms with E-state index in [1.165, 1.54) is 0 Å². The van der Waals surface area contributed by atoms with E-state index >= 15 is 0 Å². The Balaban J connectivity index is 2.62. The van der Waals surface area contributed by atoms with Crippen molar-refractivity contribution in [2.24, 2.45) is 5.92 Å². The van der Waals surface area contributed by atoms with E-state index in [1.54, 1.807) is 0 Å². The number of hydrogen-bond donors (Lipinski definition) is 1. The molecule has 1 amide bonds. The molecule has 1 aromatic carbocycles. The summed E-state index contributed by atoms with van der Waals surface area (Å²) in [7, 11) is 0. The highest BCUT2D eigenvalue weighted by atomic mass is 35.5. The maximum absolute atomic E-state index is 11.4. The standard InChI is InChI=1S/C12H16ClNO/c1-8(2)12(15)14-7-10-4-5-11(13)6-9(10)3/h4-6,8H,7H2,1-3H3,(H,14,15). The van der Waals surface area contributed by atoms with Crippen molar-refractivity contribution in [2.45, 2.75) is 27.3 Å². The van der Waals surface area contributed by atoms with Crippen molar-refractivity contribution in [1.82, 2.24) is 5.32 Å². The second kappa shape index (κ2) is 5.17. The smallest absolute Gasteiger partial charge is 0.222 e. The number of aryl methyl sites for hydroxylation is 1. The molecule has 2 nitrogen and oxygen atoms in total. The Kier molecular flexibility index (Phi) is 4.15. The molecule has 82 valence electrons. The SMILES string of the molecule is Cc1cc(Cl)ccc1CNC(=O)C(C)C. The zero-order chi connectivity index (χ0) is 11.4. The van der Waals surface area contributed by atoms with Crippen molar-refractivity contribution in [3.05, 3.63) is 34.3 Å². The first-order valence-corrected chi connectivity index (χ1v) is 5.41. The van der Waals surface area contributed by atoms with Crippen LogP contribution < -0.4 is 5.32 Å². The van der Waals surface area contributed by atoms with Crippen molar-refractivity contribution in [3.63, 3.8) is 0 Å². The van der Waals surface area contributed by atoms with Gasteiger partial charge in [-0.05, 0) is 30.2 Å². The van der Waals surface area contributed by atoms with Crippen LogP contribution in [0.5, 0.6) is 0 Å².